The number of aliphatic hydroxyl groups excluding tert-OH is 1. The van der Waals surface area contributed by atoms with Crippen LogP contribution in [0.3, 0.4) is 0 Å². The van der Waals surface area contributed by atoms with Gasteiger partial charge in [0, 0.05) is 0 Å². The van der Waals surface area contributed by atoms with E-state index in [0.717, 1.165) is 67.3 Å². The molecule has 0 bridgehead atoms. The third-order valence-corrected chi connectivity index (χ3v) is 8.22. The summed E-state index contributed by atoms with van der Waals surface area (Å²) in [6.45, 7) is 21.7. The lowest BCUT2D eigenvalue weighted by Crippen LogP contribution is -2.65. The molecule has 4 rings (SSSR count). The van der Waals surface area contributed by atoms with Gasteiger partial charge in [0.25, 0.3) is 0 Å². The summed E-state index contributed by atoms with van der Waals surface area (Å²) < 4.78 is 17.9. The van der Waals surface area contributed by atoms with E-state index in [2.05, 4.69) is 12.6 Å². The number of thiol groups is 1. The summed E-state index contributed by atoms with van der Waals surface area (Å²) in [4.78, 5) is 32.2. The number of rotatable bonds is 12. The topological polar surface area (TPSA) is 91.8 Å². The van der Waals surface area contributed by atoms with Gasteiger partial charge in [-0.15, -0.1) is 12.6 Å². The van der Waals surface area contributed by atoms with E-state index >= 15 is 0 Å². The van der Waals surface area contributed by atoms with Crippen molar-refractivity contribution in [3.63, 3.8) is 0 Å². The van der Waals surface area contributed by atoms with E-state index in [0.29, 0.717) is 0 Å². The van der Waals surface area contributed by atoms with Gasteiger partial charge in [0.2, 0.25) is 6.35 Å². The number of ether oxygens (including phenoxy) is 3. The van der Waals surface area contributed by atoms with Gasteiger partial charge in [0.1, 0.15) is 22.7 Å². The molecular formula is C38H51N3O6S. The largest absolute Gasteiger partial charge is 0.490 e. The zero-order valence-corrected chi connectivity index (χ0v) is 31.1. The fraction of sp³-hybridized carbons (Fsp3) is 0.474. The summed E-state index contributed by atoms with van der Waals surface area (Å²) in [7, 11) is 0. The van der Waals surface area contributed by atoms with Gasteiger partial charge in [-0.25, -0.2) is 14.5 Å². The molecule has 0 radical (unpaired) electrons. The number of aliphatic hydroxyl groups is 1. The third kappa shape index (κ3) is 8.39. The molecule has 0 aliphatic carbocycles. The standard InChI is InChI=1S/C38H51N3O6S/c1-21(2)45-33-23(5)12-30(13-24(33)6)18-39-36(42)40(19-31-14-25(7)34(26(8)15-31)46-22(3)4)38(44)41(37(39)43)20-32-16-27(9)35(28(10)17-32)47-29(11)48/h12-17,21-22,29,36,42,48H,18-20H2,1-11H3. The second kappa shape index (κ2) is 15.1. The van der Waals surface area contributed by atoms with Crippen molar-refractivity contribution in [1.82, 2.24) is 14.7 Å². The van der Waals surface area contributed by atoms with Crippen molar-refractivity contribution in [3.05, 3.63) is 86.5 Å². The number of carbonyl (C=O) groups is 2. The van der Waals surface area contributed by atoms with Crippen molar-refractivity contribution in [2.24, 2.45) is 0 Å². The molecule has 1 unspecified atom stereocenters. The Bertz CT molecular complexity index is 1510. The zero-order valence-electron chi connectivity index (χ0n) is 30.2. The SMILES string of the molecule is Cc1cc(CN2C(=O)N(Cc3cc(C)c(OC(C)S)c(C)c3)C(=O)N(Cc3cc(C)c(OC(C)C)c(C)c3)C2O)cc(C)c1OC(C)C. The van der Waals surface area contributed by atoms with Crippen LogP contribution in [0.5, 0.6) is 17.2 Å². The minimum absolute atomic E-state index is 0.0133. The second-order valence-corrected chi connectivity index (χ2v) is 14.2. The van der Waals surface area contributed by atoms with Crippen molar-refractivity contribution >= 4 is 24.7 Å². The van der Waals surface area contributed by atoms with Gasteiger partial charge in [-0.05, 0) is 126 Å². The Balaban J connectivity index is 1.73. The van der Waals surface area contributed by atoms with E-state index in [-0.39, 0.29) is 37.3 Å². The Morgan fingerprint density at radius 2 is 0.875 bits per heavy atom. The summed E-state index contributed by atoms with van der Waals surface area (Å²) in [5.41, 5.74) is 7.59. The summed E-state index contributed by atoms with van der Waals surface area (Å²) in [6.07, 6.45) is -1.46. The molecule has 1 fully saturated rings. The van der Waals surface area contributed by atoms with E-state index in [1.807, 2.05) is 113 Å². The van der Waals surface area contributed by atoms with Crippen LogP contribution in [0.2, 0.25) is 0 Å². The molecule has 1 N–H and O–H groups in total. The highest BCUT2D eigenvalue weighted by Gasteiger charge is 2.43. The number of benzene rings is 3. The van der Waals surface area contributed by atoms with E-state index in [1.165, 1.54) is 14.7 Å². The predicted octanol–water partition coefficient (Wildman–Crippen LogP) is 8.10. The maximum absolute atomic E-state index is 14.1. The van der Waals surface area contributed by atoms with Gasteiger partial charge in [0.15, 0.2) is 0 Å². The van der Waals surface area contributed by atoms with Crippen LogP contribution in [0.15, 0.2) is 36.4 Å². The number of nitrogens with zero attached hydrogens (tertiary/aromatic N) is 3. The van der Waals surface area contributed by atoms with Crippen LogP contribution in [0.4, 0.5) is 9.59 Å². The molecule has 1 atom stereocenters. The first-order chi connectivity index (χ1) is 22.5. The van der Waals surface area contributed by atoms with E-state index < -0.39 is 18.4 Å². The van der Waals surface area contributed by atoms with E-state index in [9.17, 15) is 14.7 Å². The molecule has 10 heteroatoms. The molecule has 1 aliphatic rings. The van der Waals surface area contributed by atoms with Crippen LogP contribution in [0.25, 0.3) is 0 Å². The van der Waals surface area contributed by atoms with Crippen molar-refractivity contribution in [1.29, 1.82) is 0 Å². The number of hydrogen-bond donors (Lipinski definition) is 2. The fourth-order valence-electron chi connectivity index (χ4n) is 6.36. The first-order valence-corrected chi connectivity index (χ1v) is 17.0. The molecule has 48 heavy (non-hydrogen) atoms. The summed E-state index contributed by atoms with van der Waals surface area (Å²) >= 11 is 4.37. The smallest absolute Gasteiger partial charge is 0.332 e. The Labute approximate surface area is 291 Å². The van der Waals surface area contributed by atoms with Crippen molar-refractivity contribution in [2.45, 2.75) is 120 Å². The molecule has 3 aromatic carbocycles. The normalized spacial score (nSPS) is 14.8. The maximum atomic E-state index is 14.1. The lowest BCUT2D eigenvalue weighted by Gasteiger charge is -2.45. The first-order valence-electron chi connectivity index (χ1n) is 16.5. The molecule has 0 saturated carbocycles. The number of hydrogen-bond acceptors (Lipinski definition) is 7. The molecule has 0 spiro atoms. The number of imide groups is 1. The molecular weight excluding hydrogens is 627 g/mol. The van der Waals surface area contributed by atoms with E-state index in [4.69, 9.17) is 14.2 Å². The molecule has 9 nitrogen and oxygen atoms in total. The average molecular weight is 678 g/mol. The Morgan fingerprint density at radius 3 is 1.17 bits per heavy atom. The fourth-order valence-corrected chi connectivity index (χ4v) is 6.47. The van der Waals surface area contributed by atoms with Gasteiger partial charge in [-0.1, -0.05) is 36.4 Å². The Hall–Kier alpha value is -3.89. The van der Waals surface area contributed by atoms with Gasteiger partial charge < -0.3 is 19.3 Å². The summed E-state index contributed by atoms with van der Waals surface area (Å²) in [5.74, 6) is 2.33. The van der Waals surface area contributed by atoms with Crippen LogP contribution < -0.4 is 14.2 Å². The highest BCUT2D eigenvalue weighted by atomic mass is 32.1. The number of carbonyl (C=O) groups excluding carboxylic acids is 2. The van der Waals surface area contributed by atoms with Gasteiger partial charge in [-0.2, -0.15) is 0 Å². The van der Waals surface area contributed by atoms with E-state index in [1.54, 1.807) is 0 Å². The molecule has 1 heterocycles. The first kappa shape index (κ1) is 36.9. The highest BCUT2D eigenvalue weighted by Crippen LogP contribution is 2.32. The van der Waals surface area contributed by atoms with Crippen LogP contribution in [0.1, 0.15) is 84.7 Å². The monoisotopic (exact) mass is 677 g/mol. The van der Waals surface area contributed by atoms with Gasteiger partial charge >= 0.3 is 12.1 Å². The molecule has 1 saturated heterocycles. The quantitative estimate of drug-likeness (QED) is 0.149. The maximum Gasteiger partial charge on any atom is 0.332 e. The molecule has 3 aromatic rings. The van der Waals surface area contributed by atoms with Crippen LogP contribution in [0, 0.1) is 41.5 Å². The third-order valence-electron chi connectivity index (χ3n) is 8.11. The number of amides is 4. The van der Waals surface area contributed by atoms with Gasteiger partial charge in [-0.3, -0.25) is 9.80 Å². The molecule has 1 aliphatic heterocycles. The molecule has 260 valence electrons. The van der Waals surface area contributed by atoms with Crippen molar-refractivity contribution in [2.75, 3.05) is 0 Å². The van der Waals surface area contributed by atoms with Crippen LogP contribution in [-0.4, -0.2) is 55.9 Å². The van der Waals surface area contributed by atoms with Crippen molar-refractivity contribution in [3.8, 4) is 17.2 Å². The lowest BCUT2D eigenvalue weighted by molar-refractivity contribution is -0.101. The van der Waals surface area contributed by atoms with Crippen molar-refractivity contribution < 1.29 is 28.9 Å². The molecule has 4 amide bonds. The Kier molecular flexibility index (Phi) is 11.6. The second-order valence-electron chi connectivity index (χ2n) is 13.5. The molecule has 0 aromatic heterocycles. The summed E-state index contributed by atoms with van der Waals surface area (Å²) in [6, 6.07) is 10.5. The van der Waals surface area contributed by atoms with Crippen LogP contribution in [-0.2, 0) is 19.6 Å². The zero-order chi connectivity index (χ0) is 35.6. The minimum atomic E-state index is -1.49. The van der Waals surface area contributed by atoms with Crippen LogP contribution >= 0.6 is 12.6 Å². The average Bonchev–Trinajstić information content (AvgIpc) is 2.97. The minimum Gasteiger partial charge on any atom is -0.490 e. The lowest BCUT2D eigenvalue weighted by atomic mass is 10.0. The highest BCUT2D eigenvalue weighted by molar-refractivity contribution is 7.80. The van der Waals surface area contributed by atoms with Gasteiger partial charge in [0.05, 0.1) is 31.8 Å². The number of urea groups is 2. The predicted molar refractivity (Wildman–Crippen MR) is 192 cm³/mol. The number of aryl methyl sites for hydroxylation is 6. The summed E-state index contributed by atoms with van der Waals surface area (Å²) in [5, 5.41) is 11.7. The Morgan fingerprint density at radius 1 is 0.583 bits per heavy atom.